The normalized spacial score (nSPS) is 17.7. The van der Waals surface area contributed by atoms with Crippen molar-refractivity contribution in [2.75, 3.05) is 6.61 Å². The molecule has 4 rings (SSSR count). The Bertz CT molecular complexity index is 945. The van der Waals surface area contributed by atoms with Crippen LogP contribution in [0.15, 0.2) is 36.5 Å². The van der Waals surface area contributed by atoms with Crippen LogP contribution in [-0.4, -0.2) is 37.6 Å². The molecule has 0 amide bonds. The molecule has 128 valence electrons. The molecule has 2 N–H and O–H groups in total. The van der Waals surface area contributed by atoms with Crippen LogP contribution in [0.25, 0.3) is 22.3 Å². The van der Waals surface area contributed by atoms with Crippen molar-refractivity contribution in [3.05, 3.63) is 42.1 Å². The van der Waals surface area contributed by atoms with Gasteiger partial charge >= 0.3 is 5.97 Å². The number of aromatic hydroxyl groups is 1. The van der Waals surface area contributed by atoms with Crippen molar-refractivity contribution in [2.24, 2.45) is 0 Å². The maximum Gasteiger partial charge on any atom is 0.335 e. The van der Waals surface area contributed by atoms with Gasteiger partial charge in [0.25, 0.3) is 0 Å². The van der Waals surface area contributed by atoms with Crippen molar-refractivity contribution < 1.29 is 19.7 Å². The predicted octanol–water partition coefficient (Wildman–Crippen LogP) is 3.20. The first kappa shape index (κ1) is 15.6. The van der Waals surface area contributed by atoms with Gasteiger partial charge in [-0.25, -0.2) is 9.48 Å². The lowest BCUT2D eigenvalue weighted by atomic mass is 10.1. The minimum absolute atomic E-state index is 0.118. The zero-order valence-corrected chi connectivity index (χ0v) is 13.4. The van der Waals surface area contributed by atoms with Gasteiger partial charge in [-0.15, -0.1) is 0 Å². The van der Waals surface area contributed by atoms with Crippen LogP contribution in [0, 0.1) is 0 Å². The Hall–Kier alpha value is -2.93. The average molecular weight is 339 g/mol. The quantitative estimate of drug-likeness (QED) is 0.760. The van der Waals surface area contributed by atoms with Gasteiger partial charge in [-0.05, 0) is 49.6 Å². The lowest BCUT2D eigenvalue weighted by Crippen LogP contribution is -2.19. The monoisotopic (exact) mass is 339 g/mol. The highest BCUT2D eigenvalue weighted by Gasteiger charge is 2.22. The molecule has 3 aromatic rings. The van der Waals surface area contributed by atoms with E-state index in [0.29, 0.717) is 23.4 Å². The largest absolute Gasteiger partial charge is 0.508 e. The number of carboxylic acid groups (broad SMARTS) is 1. The molecular weight excluding hydrogens is 322 g/mol. The molecule has 2 aromatic heterocycles. The van der Waals surface area contributed by atoms with E-state index in [4.69, 9.17) is 4.74 Å². The summed E-state index contributed by atoms with van der Waals surface area (Å²) in [5.74, 6) is -0.905. The van der Waals surface area contributed by atoms with E-state index in [-0.39, 0.29) is 17.5 Å². The van der Waals surface area contributed by atoms with E-state index in [9.17, 15) is 15.0 Å². The third-order valence-electron chi connectivity index (χ3n) is 4.37. The summed E-state index contributed by atoms with van der Waals surface area (Å²) in [6.45, 7) is 0.687. The second kappa shape index (κ2) is 6.18. The highest BCUT2D eigenvalue weighted by Crippen LogP contribution is 2.34. The van der Waals surface area contributed by atoms with Crippen molar-refractivity contribution in [2.45, 2.75) is 25.5 Å². The highest BCUT2D eigenvalue weighted by atomic mass is 16.5. The van der Waals surface area contributed by atoms with Gasteiger partial charge < -0.3 is 14.9 Å². The predicted molar refractivity (Wildman–Crippen MR) is 90.4 cm³/mol. The number of aromatic carboxylic acids is 1. The molecule has 0 saturated carbocycles. The third-order valence-corrected chi connectivity index (χ3v) is 4.37. The van der Waals surface area contributed by atoms with E-state index in [1.807, 2.05) is 0 Å². The van der Waals surface area contributed by atoms with Crippen LogP contribution in [0.2, 0.25) is 0 Å². The Morgan fingerprint density at radius 1 is 1.24 bits per heavy atom. The second-order valence-corrected chi connectivity index (χ2v) is 6.05. The molecule has 0 spiro atoms. The second-order valence-electron chi connectivity index (χ2n) is 6.05. The first-order valence-electron chi connectivity index (χ1n) is 8.16. The summed E-state index contributed by atoms with van der Waals surface area (Å²) in [5.41, 5.74) is 1.94. The topological polar surface area (TPSA) is 97.5 Å². The van der Waals surface area contributed by atoms with Gasteiger partial charge in [0.1, 0.15) is 11.4 Å². The molecular formula is C18H17N3O4. The van der Waals surface area contributed by atoms with Gasteiger partial charge in [-0.2, -0.15) is 5.10 Å². The molecule has 1 atom stereocenters. The Morgan fingerprint density at radius 3 is 2.88 bits per heavy atom. The van der Waals surface area contributed by atoms with Crippen LogP contribution in [0.3, 0.4) is 0 Å². The number of hydrogen-bond donors (Lipinski definition) is 2. The number of phenolic OH excluding ortho intramolecular Hbond substituents is 1. The van der Waals surface area contributed by atoms with Crippen LogP contribution >= 0.6 is 0 Å². The number of benzene rings is 1. The van der Waals surface area contributed by atoms with Crippen molar-refractivity contribution >= 4 is 16.9 Å². The van der Waals surface area contributed by atoms with E-state index in [0.717, 1.165) is 24.8 Å². The summed E-state index contributed by atoms with van der Waals surface area (Å²) in [6.07, 6.45) is 4.23. The number of nitrogens with zero attached hydrogens (tertiary/aromatic N) is 3. The summed E-state index contributed by atoms with van der Waals surface area (Å²) in [7, 11) is 0. The summed E-state index contributed by atoms with van der Waals surface area (Å²) >= 11 is 0. The van der Waals surface area contributed by atoms with Gasteiger partial charge in [0.2, 0.25) is 0 Å². The number of carboxylic acids is 1. The maximum atomic E-state index is 11.2. The summed E-state index contributed by atoms with van der Waals surface area (Å²) in [5, 5.41) is 24.5. The van der Waals surface area contributed by atoms with Crippen LogP contribution < -0.4 is 0 Å². The molecule has 3 heterocycles. The number of carbonyl (C=O) groups is 1. The molecule has 25 heavy (non-hydrogen) atoms. The fraction of sp³-hybridized carbons (Fsp3) is 0.278. The van der Waals surface area contributed by atoms with Crippen LogP contribution in [0.5, 0.6) is 5.75 Å². The molecule has 0 aliphatic carbocycles. The lowest BCUT2D eigenvalue weighted by Gasteiger charge is -2.23. The molecule has 7 heteroatoms. The van der Waals surface area contributed by atoms with Gasteiger partial charge in [0.15, 0.2) is 6.23 Å². The molecule has 1 aliphatic rings. The molecule has 7 nitrogen and oxygen atoms in total. The average Bonchev–Trinajstić information content (AvgIpc) is 3.01. The molecule has 1 unspecified atom stereocenters. The zero-order chi connectivity index (χ0) is 17.4. The van der Waals surface area contributed by atoms with Crippen LogP contribution in [-0.2, 0) is 4.74 Å². The number of pyridine rings is 1. The summed E-state index contributed by atoms with van der Waals surface area (Å²) < 4.78 is 7.64. The number of fused-ring (bicyclic) bond motifs is 1. The third kappa shape index (κ3) is 2.83. The standard InChI is InChI=1S/C18H17N3O4/c22-12-4-5-15-13(10-12)17(14-9-11(18(23)24)6-7-19-14)20-21(15)16-3-1-2-8-25-16/h4-7,9-10,16,22H,1-3,8H2,(H,23,24). The number of rotatable bonds is 3. The number of ether oxygens (including phenoxy) is 1. The Morgan fingerprint density at radius 2 is 2.12 bits per heavy atom. The first-order chi connectivity index (χ1) is 12.1. The van der Waals surface area contributed by atoms with E-state index >= 15 is 0 Å². The molecule has 1 saturated heterocycles. The SMILES string of the molecule is O=C(O)c1ccnc(-c2nn(C3CCCCO3)c3ccc(O)cc23)c1. The number of phenols is 1. The first-order valence-corrected chi connectivity index (χ1v) is 8.16. The Kier molecular flexibility index (Phi) is 3.85. The van der Waals surface area contributed by atoms with Crippen molar-refractivity contribution in [3.8, 4) is 17.1 Å². The van der Waals surface area contributed by atoms with E-state index in [1.54, 1.807) is 22.9 Å². The fourth-order valence-electron chi connectivity index (χ4n) is 3.15. The van der Waals surface area contributed by atoms with Crippen LogP contribution in [0.1, 0.15) is 35.8 Å². The summed E-state index contributed by atoms with van der Waals surface area (Å²) in [4.78, 5) is 15.5. The molecule has 1 aliphatic heterocycles. The number of hydrogen-bond acceptors (Lipinski definition) is 5. The molecule has 0 bridgehead atoms. The van der Waals surface area contributed by atoms with E-state index in [2.05, 4.69) is 10.1 Å². The van der Waals surface area contributed by atoms with Gasteiger partial charge in [0, 0.05) is 18.2 Å². The van der Waals surface area contributed by atoms with Crippen molar-refractivity contribution in [1.82, 2.24) is 14.8 Å². The van der Waals surface area contributed by atoms with Crippen LogP contribution in [0.4, 0.5) is 0 Å². The van der Waals surface area contributed by atoms with Crippen molar-refractivity contribution in [3.63, 3.8) is 0 Å². The van der Waals surface area contributed by atoms with Crippen molar-refractivity contribution in [1.29, 1.82) is 0 Å². The van der Waals surface area contributed by atoms with Gasteiger partial charge in [-0.1, -0.05) is 0 Å². The van der Waals surface area contributed by atoms with E-state index in [1.165, 1.54) is 18.3 Å². The zero-order valence-electron chi connectivity index (χ0n) is 13.4. The Labute approximate surface area is 143 Å². The Balaban J connectivity index is 1.90. The fourth-order valence-corrected chi connectivity index (χ4v) is 3.15. The van der Waals surface area contributed by atoms with Gasteiger partial charge in [0.05, 0.1) is 16.8 Å². The number of aromatic nitrogens is 3. The molecule has 0 radical (unpaired) electrons. The van der Waals surface area contributed by atoms with Gasteiger partial charge in [-0.3, -0.25) is 4.98 Å². The maximum absolute atomic E-state index is 11.2. The molecule has 1 aromatic carbocycles. The minimum atomic E-state index is -1.02. The summed E-state index contributed by atoms with van der Waals surface area (Å²) in [6, 6.07) is 7.94. The van der Waals surface area contributed by atoms with E-state index < -0.39 is 5.97 Å². The lowest BCUT2D eigenvalue weighted by molar-refractivity contribution is -0.0365. The highest BCUT2D eigenvalue weighted by molar-refractivity contribution is 5.95. The minimum Gasteiger partial charge on any atom is -0.508 e. The smallest absolute Gasteiger partial charge is 0.335 e. The molecule has 1 fully saturated rings.